The van der Waals surface area contributed by atoms with Crippen molar-refractivity contribution in [2.24, 2.45) is 5.92 Å². The number of H-pyrrole nitrogens is 1. The summed E-state index contributed by atoms with van der Waals surface area (Å²) in [7, 11) is 0. The standard InChI is InChI=1S/C15H22N6O3/c1-2-3-12(15(23)24)13(14-18-20-21-19-14)8-10-4-5-11(9-17-10)16-6-7-22/h4-5,9,12-13,16,22H,2-3,6-8H2,1H3,(H,23,24)(H,18,19,20,21)/t12-,13-/m0/s1. The Hall–Kier alpha value is -2.55. The van der Waals surface area contributed by atoms with E-state index in [-0.39, 0.29) is 12.5 Å². The lowest BCUT2D eigenvalue weighted by atomic mass is 9.84. The summed E-state index contributed by atoms with van der Waals surface area (Å²) in [5.74, 6) is -1.36. The molecule has 130 valence electrons. The molecule has 0 amide bonds. The number of carboxylic acids is 1. The van der Waals surface area contributed by atoms with Crippen LogP contribution in [-0.4, -0.2) is 54.9 Å². The quantitative estimate of drug-likeness (QED) is 0.501. The van der Waals surface area contributed by atoms with E-state index in [9.17, 15) is 9.90 Å². The fraction of sp³-hybridized carbons (Fsp3) is 0.533. The lowest BCUT2D eigenvalue weighted by Crippen LogP contribution is -2.25. The molecule has 0 fully saturated rings. The summed E-state index contributed by atoms with van der Waals surface area (Å²) in [5.41, 5.74) is 1.56. The minimum Gasteiger partial charge on any atom is -0.481 e. The van der Waals surface area contributed by atoms with Crippen molar-refractivity contribution in [1.82, 2.24) is 25.6 Å². The van der Waals surface area contributed by atoms with Crippen molar-refractivity contribution in [3.63, 3.8) is 0 Å². The lowest BCUT2D eigenvalue weighted by molar-refractivity contribution is -0.143. The van der Waals surface area contributed by atoms with Gasteiger partial charge in [-0.1, -0.05) is 13.3 Å². The van der Waals surface area contributed by atoms with Crippen LogP contribution >= 0.6 is 0 Å². The third-order valence-corrected chi connectivity index (χ3v) is 3.81. The van der Waals surface area contributed by atoms with E-state index in [1.165, 1.54) is 0 Å². The molecule has 24 heavy (non-hydrogen) atoms. The molecule has 0 aliphatic carbocycles. The van der Waals surface area contributed by atoms with Crippen molar-refractivity contribution in [3.8, 4) is 0 Å². The predicted molar refractivity (Wildman–Crippen MR) is 86.5 cm³/mol. The number of aliphatic carboxylic acids is 1. The number of nitrogens with one attached hydrogen (secondary N) is 2. The highest BCUT2D eigenvalue weighted by atomic mass is 16.4. The fourth-order valence-corrected chi connectivity index (χ4v) is 2.64. The van der Waals surface area contributed by atoms with E-state index in [0.29, 0.717) is 25.2 Å². The summed E-state index contributed by atoms with van der Waals surface area (Å²) < 4.78 is 0. The number of pyridine rings is 1. The Bertz CT molecular complexity index is 617. The van der Waals surface area contributed by atoms with Crippen molar-refractivity contribution in [3.05, 3.63) is 29.8 Å². The first-order chi connectivity index (χ1) is 11.7. The van der Waals surface area contributed by atoms with Gasteiger partial charge < -0.3 is 15.5 Å². The highest BCUT2D eigenvalue weighted by Crippen LogP contribution is 2.29. The van der Waals surface area contributed by atoms with Gasteiger partial charge in [0.1, 0.15) is 0 Å². The largest absolute Gasteiger partial charge is 0.481 e. The summed E-state index contributed by atoms with van der Waals surface area (Å²) in [5, 5.41) is 35.1. The summed E-state index contributed by atoms with van der Waals surface area (Å²) in [4.78, 5) is 16.0. The van der Waals surface area contributed by atoms with Crippen LogP contribution in [0.25, 0.3) is 0 Å². The number of tetrazole rings is 1. The highest BCUT2D eigenvalue weighted by Gasteiger charge is 2.31. The van der Waals surface area contributed by atoms with Gasteiger partial charge in [-0.2, -0.15) is 0 Å². The number of aromatic amines is 1. The minimum atomic E-state index is -0.862. The number of rotatable bonds is 10. The Labute approximate surface area is 139 Å². The van der Waals surface area contributed by atoms with Gasteiger partial charge in [0.15, 0.2) is 5.82 Å². The van der Waals surface area contributed by atoms with Crippen LogP contribution in [0.15, 0.2) is 18.3 Å². The molecule has 0 saturated heterocycles. The third-order valence-electron chi connectivity index (χ3n) is 3.81. The van der Waals surface area contributed by atoms with E-state index in [1.54, 1.807) is 6.20 Å². The Kier molecular flexibility index (Phi) is 6.62. The first-order valence-corrected chi connectivity index (χ1v) is 7.91. The number of aromatic nitrogens is 5. The minimum absolute atomic E-state index is 0.0413. The normalized spacial score (nSPS) is 13.4. The highest BCUT2D eigenvalue weighted by molar-refractivity contribution is 5.71. The number of aliphatic hydroxyl groups is 1. The van der Waals surface area contributed by atoms with Crippen LogP contribution in [0, 0.1) is 5.92 Å². The topological polar surface area (TPSA) is 137 Å². The molecular weight excluding hydrogens is 312 g/mol. The first kappa shape index (κ1) is 17.8. The van der Waals surface area contributed by atoms with Crippen LogP contribution in [0.3, 0.4) is 0 Å². The number of carbonyl (C=O) groups is 1. The SMILES string of the molecule is CCC[C@H](C(=O)O)[C@H](Cc1ccc(NCCO)cn1)c1nnn[nH]1. The van der Waals surface area contributed by atoms with Gasteiger partial charge in [-0.3, -0.25) is 9.78 Å². The zero-order chi connectivity index (χ0) is 17.4. The van der Waals surface area contributed by atoms with Crippen LogP contribution < -0.4 is 5.32 Å². The van der Waals surface area contributed by atoms with Gasteiger partial charge in [-0.15, -0.1) is 5.10 Å². The molecule has 2 aromatic heterocycles. The zero-order valence-corrected chi connectivity index (χ0v) is 13.5. The van der Waals surface area contributed by atoms with Gasteiger partial charge in [-0.25, -0.2) is 5.10 Å². The van der Waals surface area contributed by atoms with Gasteiger partial charge in [0.05, 0.1) is 24.4 Å². The van der Waals surface area contributed by atoms with Crippen molar-refractivity contribution >= 4 is 11.7 Å². The number of hydrogen-bond donors (Lipinski definition) is 4. The number of hydrogen-bond acceptors (Lipinski definition) is 7. The molecule has 2 rings (SSSR count). The average Bonchev–Trinajstić information content (AvgIpc) is 3.11. The van der Waals surface area contributed by atoms with Gasteiger partial charge in [0, 0.05) is 24.6 Å². The Balaban J connectivity index is 2.17. The molecule has 4 N–H and O–H groups in total. The summed E-state index contributed by atoms with van der Waals surface area (Å²) in [6, 6.07) is 3.69. The fourth-order valence-electron chi connectivity index (χ4n) is 2.64. The van der Waals surface area contributed by atoms with E-state index in [0.717, 1.165) is 17.8 Å². The lowest BCUT2D eigenvalue weighted by Gasteiger charge is -2.21. The maximum absolute atomic E-state index is 11.7. The summed E-state index contributed by atoms with van der Waals surface area (Å²) in [6.07, 6.45) is 3.38. The molecule has 2 aromatic rings. The molecule has 0 spiro atoms. The Morgan fingerprint density at radius 2 is 2.25 bits per heavy atom. The molecule has 9 heteroatoms. The molecular formula is C15H22N6O3. The predicted octanol–water partition coefficient (Wildman–Crippen LogP) is 0.826. The van der Waals surface area contributed by atoms with E-state index < -0.39 is 11.9 Å². The van der Waals surface area contributed by atoms with E-state index >= 15 is 0 Å². The Morgan fingerprint density at radius 1 is 1.42 bits per heavy atom. The van der Waals surface area contributed by atoms with Crippen LogP contribution in [0.2, 0.25) is 0 Å². The van der Waals surface area contributed by atoms with Gasteiger partial charge in [0.25, 0.3) is 0 Å². The monoisotopic (exact) mass is 334 g/mol. The molecule has 0 unspecified atom stereocenters. The number of carboxylic acid groups (broad SMARTS) is 1. The van der Waals surface area contributed by atoms with Crippen LogP contribution in [0.1, 0.15) is 37.2 Å². The van der Waals surface area contributed by atoms with Crippen molar-refractivity contribution in [1.29, 1.82) is 0 Å². The maximum Gasteiger partial charge on any atom is 0.307 e. The molecule has 0 aliphatic rings. The molecule has 0 bridgehead atoms. The van der Waals surface area contributed by atoms with Crippen molar-refractivity contribution in [2.75, 3.05) is 18.5 Å². The van der Waals surface area contributed by atoms with Crippen molar-refractivity contribution in [2.45, 2.75) is 32.1 Å². The molecule has 0 radical (unpaired) electrons. The smallest absolute Gasteiger partial charge is 0.307 e. The van der Waals surface area contributed by atoms with Crippen molar-refractivity contribution < 1.29 is 15.0 Å². The molecule has 0 saturated carbocycles. The summed E-state index contributed by atoms with van der Waals surface area (Å²) >= 11 is 0. The molecule has 9 nitrogen and oxygen atoms in total. The summed E-state index contributed by atoms with van der Waals surface area (Å²) in [6.45, 7) is 2.44. The number of aliphatic hydroxyl groups excluding tert-OH is 1. The Morgan fingerprint density at radius 3 is 2.79 bits per heavy atom. The van der Waals surface area contributed by atoms with Gasteiger partial charge >= 0.3 is 5.97 Å². The second kappa shape index (κ2) is 8.92. The van der Waals surface area contributed by atoms with Crippen LogP contribution in [0.5, 0.6) is 0 Å². The molecule has 2 heterocycles. The second-order valence-electron chi connectivity index (χ2n) is 5.52. The molecule has 0 aromatic carbocycles. The second-order valence-corrected chi connectivity index (χ2v) is 5.52. The molecule has 0 aliphatic heterocycles. The first-order valence-electron chi connectivity index (χ1n) is 7.91. The van der Waals surface area contributed by atoms with E-state index in [1.807, 2.05) is 19.1 Å². The molecule has 2 atom stereocenters. The zero-order valence-electron chi connectivity index (χ0n) is 13.5. The van der Waals surface area contributed by atoms with E-state index in [2.05, 4.69) is 30.9 Å². The third kappa shape index (κ3) is 4.72. The average molecular weight is 334 g/mol. The van der Waals surface area contributed by atoms with Crippen LogP contribution in [-0.2, 0) is 11.2 Å². The maximum atomic E-state index is 11.7. The van der Waals surface area contributed by atoms with E-state index in [4.69, 9.17) is 5.11 Å². The van der Waals surface area contributed by atoms with Gasteiger partial charge in [0.2, 0.25) is 0 Å². The van der Waals surface area contributed by atoms with Crippen LogP contribution in [0.4, 0.5) is 5.69 Å². The van der Waals surface area contributed by atoms with Gasteiger partial charge in [-0.05, 0) is 29.0 Å². The number of nitrogens with zero attached hydrogens (tertiary/aromatic N) is 4. The number of anilines is 1.